The minimum absolute atomic E-state index is 0.00521. The molecule has 0 fully saturated rings. The van der Waals surface area contributed by atoms with Crippen LogP contribution in [0, 0.1) is 0 Å². The first-order chi connectivity index (χ1) is 19.8. The van der Waals surface area contributed by atoms with E-state index in [1.165, 1.54) is 4.90 Å². The predicted octanol–water partition coefficient (Wildman–Crippen LogP) is 6.36. The van der Waals surface area contributed by atoms with Crippen LogP contribution in [0.4, 0.5) is 16.2 Å². The first kappa shape index (κ1) is 30.0. The van der Waals surface area contributed by atoms with Crippen LogP contribution in [0.3, 0.4) is 0 Å². The molecule has 0 saturated carbocycles. The van der Waals surface area contributed by atoms with Gasteiger partial charge in [-0.25, -0.2) is 9.36 Å². The molecule has 41 heavy (non-hydrogen) atoms. The lowest BCUT2D eigenvalue weighted by atomic mass is 10.1. The summed E-state index contributed by atoms with van der Waals surface area (Å²) in [4.78, 5) is 40.1. The zero-order chi connectivity index (χ0) is 29.2. The number of amides is 3. The maximum atomic E-state index is 13.6. The molecule has 0 aliphatic carbocycles. The van der Waals surface area contributed by atoms with Gasteiger partial charge in [0, 0.05) is 35.5 Å². The van der Waals surface area contributed by atoms with Crippen molar-refractivity contribution in [2.75, 3.05) is 29.9 Å². The number of carbonyl (C=O) groups excluding carboxylic acids is 3. The molecule has 4 aromatic rings. The van der Waals surface area contributed by atoms with E-state index in [2.05, 4.69) is 33.5 Å². The molecule has 0 atom stereocenters. The third-order valence-electron chi connectivity index (χ3n) is 6.23. The molecule has 4 rings (SSSR count). The molecule has 0 aliphatic rings. The normalized spacial score (nSPS) is 10.7. The summed E-state index contributed by atoms with van der Waals surface area (Å²) in [7, 11) is 0. The van der Waals surface area contributed by atoms with E-state index in [1.54, 1.807) is 42.6 Å². The minimum atomic E-state index is -0.609. The van der Waals surface area contributed by atoms with Gasteiger partial charge in [0.2, 0.25) is 5.91 Å². The minimum Gasteiger partial charge on any atom is -0.447 e. The van der Waals surface area contributed by atoms with Crippen molar-refractivity contribution in [1.29, 1.82) is 0 Å². The van der Waals surface area contributed by atoms with Gasteiger partial charge in [-0.05, 0) is 51.6 Å². The van der Waals surface area contributed by atoms with Crippen molar-refractivity contribution in [3.8, 4) is 0 Å². The predicted molar refractivity (Wildman–Crippen MR) is 164 cm³/mol. The lowest BCUT2D eigenvalue weighted by Gasteiger charge is -2.23. The van der Waals surface area contributed by atoms with Crippen LogP contribution in [0.1, 0.15) is 30.1 Å². The topological polar surface area (TPSA) is 91.6 Å². The van der Waals surface area contributed by atoms with E-state index in [9.17, 15) is 14.4 Å². The fourth-order valence-corrected chi connectivity index (χ4v) is 5.06. The highest BCUT2D eigenvalue weighted by atomic mass is 79.9. The second kappa shape index (κ2) is 14.6. The zero-order valence-corrected chi connectivity index (χ0v) is 25.0. The number of nitrogens with zero attached hydrogens (tertiary/aromatic N) is 2. The van der Waals surface area contributed by atoms with E-state index in [-0.39, 0.29) is 37.9 Å². The SMILES string of the molecule is CCC[n+]1cc(Br)cc(C(=O)N(CCC(=O)NCCOC(=O)Nc2cccc3ccccc23)c2cccc(Cl)c2)c1. The van der Waals surface area contributed by atoms with Gasteiger partial charge in [-0.2, -0.15) is 0 Å². The Balaban J connectivity index is 1.32. The Labute approximate surface area is 252 Å². The maximum Gasteiger partial charge on any atom is 0.411 e. The molecule has 1 heterocycles. The van der Waals surface area contributed by atoms with Gasteiger partial charge in [0.05, 0.1) is 16.7 Å². The van der Waals surface area contributed by atoms with Crippen LogP contribution in [0.15, 0.2) is 89.7 Å². The molecule has 3 aromatic carbocycles. The van der Waals surface area contributed by atoms with E-state index in [4.69, 9.17) is 16.3 Å². The highest BCUT2D eigenvalue weighted by Gasteiger charge is 2.22. The van der Waals surface area contributed by atoms with E-state index in [0.717, 1.165) is 28.2 Å². The number of carbonyl (C=O) groups is 3. The second-order valence-corrected chi connectivity index (χ2v) is 10.7. The number of nitrogens with one attached hydrogen (secondary N) is 2. The van der Waals surface area contributed by atoms with Gasteiger partial charge >= 0.3 is 6.09 Å². The average molecular weight is 639 g/mol. The van der Waals surface area contributed by atoms with Crippen molar-refractivity contribution in [1.82, 2.24) is 5.32 Å². The van der Waals surface area contributed by atoms with E-state index in [1.807, 2.05) is 47.2 Å². The number of ether oxygens (including phenoxy) is 1. The Hall–Kier alpha value is -3.95. The number of rotatable bonds is 11. The molecule has 0 aliphatic heterocycles. The number of hydrogen-bond donors (Lipinski definition) is 2. The number of aryl methyl sites for hydroxylation is 1. The van der Waals surface area contributed by atoms with Crippen LogP contribution in [0.2, 0.25) is 5.02 Å². The third-order valence-corrected chi connectivity index (χ3v) is 6.90. The lowest BCUT2D eigenvalue weighted by Crippen LogP contribution is -2.39. The highest BCUT2D eigenvalue weighted by molar-refractivity contribution is 9.10. The number of hydrogen-bond acceptors (Lipinski definition) is 4. The molecule has 0 bridgehead atoms. The molecule has 0 spiro atoms. The van der Waals surface area contributed by atoms with Crippen molar-refractivity contribution in [2.45, 2.75) is 26.3 Å². The Morgan fingerprint density at radius 3 is 2.59 bits per heavy atom. The largest absolute Gasteiger partial charge is 0.447 e. The summed E-state index contributed by atoms with van der Waals surface area (Å²) in [6, 6.07) is 22.0. The summed E-state index contributed by atoms with van der Waals surface area (Å²) in [5, 5.41) is 7.88. The lowest BCUT2D eigenvalue weighted by molar-refractivity contribution is -0.697. The zero-order valence-electron chi connectivity index (χ0n) is 22.6. The summed E-state index contributed by atoms with van der Waals surface area (Å²) in [5.74, 6) is -0.530. The molecule has 8 nitrogen and oxygen atoms in total. The van der Waals surface area contributed by atoms with Gasteiger partial charge in [-0.1, -0.05) is 61.0 Å². The Bertz CT molecular complexity index is 1540. The summed E-state index contributed by atoms with van der Waals surface area (Å²) < 4.78 is 7.98. The standard InChI is InChI=1S/C31H30BrClN4O4/c1-2-15-36-20-23(18-24(32)21-36)30(39)37(26-10-6-9-25(33)19-26)16-13-29(38)34-14-17-41-31(40)35-28-12-5-8-22-7-3-4-11-27(22)28/h3-12,18-21H,2,13-17H2,1H3,(H-,34,35,38,40)/p+1. The van der Waals surface area contributed by atoms with Crippen LogP contribution in [-0.2, 0) is 16.1 Å². The fraction of sp³-hybridized carbons (Fsp3) is 0.226. The van der Waals surface area contributed by atoms with Gasteiger partial charge in [-0.15, -0.1) is 0 Å². The molecule has 0 saturated heterocycles. The van der Waals surface area contributed by atoms with E-state index in [0.29, 0.717) is 22.0 Å². The molecule has 0 unspecified atom stereocenters. The molecule has 0 radical (unpaired) electrons. The number of halogens is 2. The summed E-state index contributed by atoms with van der Waals surface area (Å²) in [6.45, 7) is 3.09. The number of aromatic nitrogens is 1. The molecule has 3 amide bonds. The van der Waals surface area contributed by atoms with Crippen molar-refractivity contribution in [2.24, 2.45) is 0 Å². The maximum absolute atomic E-state index is 13.6. The van der Waals surface area contributed by atoms with Crippen LogP contribution in [-0.4, -0.2) is 37.6 Å². The Morgan fingerprint density at radius 2 is 1.78 bits per heavy atom. The molecular formula is C31H31BrClN4O4+. The van der Waals surface area contributed by atoms with Gasteiger partial charge in [0.25, 0.3) is 5.91 Å². The summed E-state index contributed by atoms with van der Waals surface area (Å²) in [6.07, 6.45) is 4.07. The summed E-state index contributed by atoms with van der Waals surface area (Å²) in [5.41, 5.74) is 1.72. The molecule has 1 aromatic heterocycles. The summed E-state index contributed by atoms with van der Waals surface area (Å²) >= 11 is 9.70. The monoisotopic (exact) mass is 637 g/mol. The average Bonchev–Trinajstić information content (AvgIpc) is 2.95. The van der Waals surface area contributed by atoms with Gasteiger partial charge in [0.1, 0.15) is 18.7 Å². The smallest absolute Gasteiger partial charge is 0.411 e. The quantitative estimate of drug-likeness (QED) is 0.148. The van der Waals surface area contributed by atoms with Crippen LogP contribution in [0.25, 0.3) is 10.8 Å². The van der Waals surface area contributed by atoms with E-state index < -0.39 is 6.09 Å². The number of anilines is 2. The van der Waals surface area contributed by atoms with Crippen LogP contribution in [0.5, 0.6) is 0 Å². The van der Waals surface area contributed by atoms with Crippen molar-refractivity contribution in [3.63, 3.8) is 0 Å². The first-order valence-corrected chi connectivity index (χ1v) is 14.5. The van der Waals surface area contributed by atoms with Gasteiger partial charge < -0.3 is 15.0 Å². The van der Waals surface area contributed by atoms with Gasteiger partial charge in [0.15, 0.2) is 12.4 Å². The second-order valence-electron chi connectivity index (χ2n) is 9.30. The number of pyridine rings is 1. The third kappa shape index (κ3) is 8.52. The Kier molecular flexibility index (Phi) is 10.7. The van der Waals surface area contributed by atoms with Gasteiger partial charge in [-0.3, -0.25) is 14.9 Å². The van der Waals surface area contributed by atoms with Crippen molar-refractivity contribution < 1.29 is 23.7 Å². The first-order valence-electron chi connectivity index (χ1n) is 13.3. The molecule has 212 valence electrons. The number of fused-ring (bicyclic) bond motifs is 1. The van der Waals surface area contributed by atoms with Crippen molar-refractivity contribution >= 4 is 67.6 Å². The fourth-order valence-electron chi connectivity index (χ4n) is 4.37. The van der Waals surface area contributed by atoms with Crippen LogP contribution >= 0.6 is 27.5 Å². The number of benzene rings is 3. The molecular weight excluding hydrogens is 608 g/mol. The highest BCUT2D eigenvalue weighted by Crippen LogP contribution is 2.24. The molecule has 2 N–H and O–H groups in total. The van der Waals surface area contributed by atoms with Crippen molar-refractivity contribution in [3.05, 3.63) is 100 Å². The Morgan fingerprint density at radius 1 is 1.00 bits per heavy atom. The molecule has 10 heteroatoms. The van der Waals surface area contributed by atoms with Crippen LogP contribution < -0.4 is 20.1 Å². The van der Waals surface area contributed by atoms with E-state index >= 15 is 0 Å².